The van der Waals surface area contributed by atoms with Crippen LogP contribution in [0.2, 0.25) is 0 Å². The Morgan fingerprint density at radius 2 is 1.95 bits per heavy atom. The Bertz CT molecular complexity index is 1630. The number of aliphatic hydroxyl groups is 1. The van der Waals surface area contributed by atoms with Gasteiger partial charge in [0.05, 0.1) is 31.1 Å². The zero-order chi connectivity index (χ0) is 30.3. The Morgan fingerprint density at radius 3 is 2.54 bits per heavy atom. The summed E-state index contributed by atoms with van der Waals surface area (Å²) in [4.78, 5) is 19.0. The van der Waals surface area contributed by atoms with Crippen LogP contribution < -0.4 is 9.46 Å². The zero-order valence-electron chi connectivity index (χ0n) is 23.6. The molecule has 14 nitrogen and oxygen atoms in total. The highest BCUT2D eigenvalue weighted by atomic mass is 32.2. The van der Waals surface area contributed by atoms with Crippen molar-refractivity contribution in [2.24, 2.45) is 13.0 Å². The summed E-state index contributed by atoms with van der Waals surface area (Å²) in [5, 5.41) is 13.5. The van der Waals surface area contributed by atoms with E-state index in [9.17, 15) is 26.7 Å². The number of benzene rings is 1. The number of imidazole rings is 1. The number of carbonyl (C=O) groups is 1. The lowest BCUT2D eigenvalue weighted by molar-refractivity contribution is 0.0387. The third kappa shape index (κ3) is 6.10. The highest BCUT2D eigenvalue weighted by Gasteiger charge is 2.36. The molecule has 0 spiro atoms. The van der Waals surface area contributed by atoms with Gasteiger partial charge in [-0.15, -0.1) is 0 Å². The maximum Gasteiger partial charge on any atom is 0.267 e. The Morgan fingerprint density at radius 1 is 1.24 bits per heavy atom. The van der Waals surface area contributed by atoms with E-state index < -0.39 is 38.1 Å². The molecule has 3 atom stereocenters. The molecule has 2 aromatic heterocycles. The third-order valence-corrected chi connectivity index (χ3v) is 10.3. The normalized spacial score (nSPS) is 18.9. The number of aromatic nitrogens is 3. The molecule has 1 aliphatic rings. The van der Waals surface area contributed by atoms with E-state index in [1.165, 1.54) is 61.1 Å². The van der Waals surface area contributed by atoms with E-state index in [2.05, 4.69) is 14.9 Å². The lowest BCUT2D eigenvalue weighted by Crippen LogP contribution is -2.50. The van der Waals surface area contributed by atoms with E-state index in [4.69, 9.17) is 9.26 Å². The minimum Gasteiger partial charge on any atom is -0.488 e. The van der Waals surface area contributed by atoms with Crippen LogP contribution in [0.3, 0.4) is 0 Å². The summed E-state index contributed by atoms with van der Waals surface area (Å²) in [6.07, 6.45) is 2.09. The van der Waals surface area contributed by atoms with E-state index in [0.717, 1.165) is 4.31 Å². The lowest BCUT2D eigenvalue weighted by Gasteiger charge is -2.38. The molecular weight excluding hydrogens is 576 g/mol. The summed E-state index contributed by atoms with van der Waals surface area (Å²) in [5.41, 5.74) is 0.332. The molecule has 0 saturated carbocycles. The van der Waals surface area contributed by atoms with E-state index in [1.54, 1.807) is 14.0 Å². The number of carbonyl (C=O) groups excluding carboxylic acids is 1. The zero-order valence-corrected chi connectivity index (χ0v) is 25.2. The number of sulfonamides is 2. The molecule has 2 N–H and O–H groups in total. The van der Waals surface area contributed by atoms with Gasteiger partial charge in [0.2, 0.25) is 0 Å². The molecule has 1 amide bonds. The van der Waals surface area contributed by atoms with Gasteiger partial charge in [-0.2, -0.15) is 4.31 Å². The predicted octanol–water partition coefficient (Wildman–Crippen LogP) is 1.37. The molecule has 1 aliphatic heterocycles. The first-order chi connectivity index (χ1) is 19.1. The van der Waals surface area contributed by atoms with Crippen LogP contribution in [0, 0.1) is 19.8 Å². The van der Waals surface area contributed by atoms with Gasteiger partial charge in [-0.3, -0.25) is 9.52 Å². The first-order valence-corrected chi connectivity index (χ1v) is 15.7. The number of ether oxygens (including phenoxy) is 1. The van der Waals surface area contributed by atoms with E-state index in [1.807, 2.05) is 6.92 Å². The van der Waals surface area contributed by atoms with Crippen molar-refractivity contribution in [2.45, 2.75) is 49.8 Å². The van der Waals surface area contributed by atoms with E-state index in [-0.39, 0.29) is 64.0 Å². The molecule has 1 aromatic carbocycles. The maximum atomic E-state index is 13.7. The SMILES string of the molecule is Cc1noc(C)c1S(=O)(=O)Nc1ccc2c(c1)C(=O)N([C@@H](C)CO)C[C@@H](C)[C@H](CN(C)S(=O)(=O)c1cn(C)cn1)O2. The molecule has 0 bridgehead atoms. The largest absolute Gasteiger partial charge is 0.488 e. The lowest BCUT2D eigenvalue weighted by atomic mass is 9.99. The number of nitrogens with zero attached hydrogens (tertiary/aromatic N) is 5. The molecule has 0 unspecified atom stereocenters. The number of fused-ring (bicyclic) bond motifs is 1. The summed E-state index contributed by atoms with van der Waals surface area (Å²) >= 11 is 0. The minimum atomic E-state index is -4.10. The molecule has 0 fully saturated rings. The molecule has 0 aliphatic carbocycles. The van der Waals surface area contributed by atoms with Crippen molar-refractivity contribution in [1.82, 2.24) is 23.9 Å². The van der Waals surface area contributed by atoms with Crippen molar-refractivity contribution in [2.75, 3.05) is 31.5 Å². The van der Waals surface area contributed by atoms with Gasteiger partial charge in [0.25, 0.3) is 26.0 Å². The summed E-state index contributed by atoms with van der Waals surface area (Å²) in [6.45, 7) is 6.27. The monoisotopic (exact) mass is 610 g/mol. The maximum absolute atomic E-state index is 13.7. The van der Waals surface area contributed by atoms with Crippen molar-refractivity contribution in [3.63, 3.8) is 0 Å². The molecule has 224 valence electrons. The van der Waals surface area contributed by atoms with Gasteiger partial charge in [0.15, 0.2) is 15.7 Å². The van der Waals surface area contributed by atoms with E-state index >= 15 is 0 Å². The van der Waals surface area contributed by atoms with Crippen LogP contribution in [0.15, 0.2) is 45.2 Å². The number of nitrogens with one attached hydrogen (secondary N) is 1. The standard InChI is InChI=1S/C25H34N6O8S2/c1-15-10-31(16(2)13-32)25(33)20-9-19(28-40(34,35)24-17(3)27-39-18(24)4)7-8-21(20)38-22(15)11-30(6)41(36,37)23-12-29(5)14-26-23/h7-9,12,14-16,22,28,32H,10-11,13H2,1-6H3/t15-,16+,22+/m1/s1. The van der Waals surface area contributed by atoms with Gasteiger partial charge < -0.3 is 23.8 Å². The van der Waals surface area contributed by atoms with Crippen molar-refractivity contribution < 1.29 is 36.0 Å². The molecule has 0 saturated heterocycles. The third-order valence-electron chi connectivity index (χ3n) is 6.95. The average Bonchev–Trinajstić information content (AvgIpc) is 3.50. The second-order valence-corrected chi connectivity index (χ2v) is 13.9. The highest BCUT2D eigenvalue weighted by molar-refractivity contribution is 7.92. The molecular formula is C25H34N6O8S2. The smallest absolute Gasteiger partial charge is 0.267 e. The predicted molar refractivity (Wildman–Crippen MR) is 147 cm³/mol. The molecule has 16 heteroatoms. The van der Waals surface area contributed by atoms with Crippen molar-refractivity contribution in [3.8, 4) is 5.75 Å². The summed E-state index contributed by atoms with van der Waals surface area (Å²) in [7, 11) is -4.94. The van der Waals surface area contributed by atoms with Crippen LogP contribution >= 0.6 is 0 Å². The van der Waals surface area contributed by atoms with Gasteiger partial charge in [-0.1, -0.05) is 12.1 Å². The first-order valence-electron chi connectivity index (χ1n) is 12.8. The van der Waals surface area contributed by atoms with Gasteiger partial charge in [-0.05, 0) is 39.0 Å². The van der Waals surface area contributed by atoms with Crippen molar-refractivity contribution in [1.29, 1.82) is 0 Å². The Hall–Kier alpha value is -3.47. The summed E-state index contributed by atoms with van der Waals surface area (Å²) in [5.74, 6) is -0.560. The quantitative estimate of drug-likeness (QED) is 0.360. The van der Waals surface area contributed by atoms with Gasteiger partial charge in [-0.25, -0.2) is 21.8 Å². The fourth-order valence-electron chi connectivity index (χ4n) is 4.60. The van der Waals surface area contributed by atoms with Crippen LogP contribution in [0.5, 0.6) is 5.75 Å². The minimum absolute atomic E-state index is 0.0522. The first kappa shape index (κ1) is 30.5. The number of aliphatic hydroxyl groups excluding tert-OH is 1. The average molecular weight is 611 g/mol. The van der Waals surface area contributed by atoms with Gasteiger partial charge in [0, 0.05) is 38.4 Å². The summed E-state index contributed by atoms with van der Waals surface area (Å²) in [6, 6.07) is 3.68. The number of rotatable bonds is 9. The van der Waals surface area contributed by atoms with Crippen molar-refractivity contribution >= 4 is 31.6 Å². The number of amides is 1. The van der Waals surface area contributed by atoms with Crippen LogP contribution in [0.1, 0.15) is 35.7 Å². The fraction of sp³-hybridized carbons (Fsp3) is 0.480. The van der Waals surface area contributed by atoms with Crippen molar-refractivity contribution in [3.05, 3.63) is 47.7 Å². The van der Waals surface area contributed by atoms with Crippen LogP contribution in [0.25, 0.3) is 0 Å². The number of likely N-dealkylation sites (N-methyl/N-ethyl adjacent to an activating group) is 1. The Labute approximate surface area is 239 Å². The van der Waals surface area contributed by atoms with Crippen LogP contribution in [0.4, 0.5) is 5.69 Å². The fourth-order valence-corrected chi connectivity index (χ4v) is 7.13. The molecule has 3 heterocycles. The van der Waals surface area contributed by atoms with Gasteiger partial charge in [0.1, 0.15) is 17.5 Å². The molecule has 3 aromatic rings. The Balaban J connectivity index is 1.70. The topological polar surface area (TPSA) is 177 Å². The van der Waals surface area contributed by atoms with Gasteiger partial charge >= 0.3 is 0 Å². The highest BCUT2D eigenvalue weighted by Crippen LogP contribution is 2.32. The molecule has 41 heavy (non-hydrogen) atoms. The van der Waals surface area contributed by atoms with Crippen LogP contribution in [-0.4, -0.2) is 90.7 Å². The van der Waals surface area contributed by atoms with Crippen LogP contribution in [-0.2, 0) is 27.1 Å². The Kier molecular flexibility index (Phi) is 8.50. The number of hydrogen-bond donors (Lipinski definition) is 2. The number of aryl methyl sites for hydroxylation is 3. The molecule has 0 radical (unpaired) electrons. The number of anilines is 1. The molecule has 4 rings (SSSR count). The second-order valence-electron chi connectivity index (χ2n) is 10.3. The van der Waals surface area contributed by atoms with E-state index in [0.29, 0.717) is 0 Å². The second kappa shape index (κ2) is 11.4. The summed E-state index contributed by atoms with van der Waals surface area (Å²) < 4.78 is 68.8. The number of hydrogen-bond acceptors (Lipinski definition) is 10.